The molecule has 0 spiro atoms. The third kappa shape index (κ3) is 76.3. The molecule has 19 heteroatoms. The van der Waals surface area contributed by atoms with Crippen LogP contribution >= 0.6 is 15.6 Å². The van der Waals surface area contributed by atoms with Crippen molar-refractivity contribution in [3.63, 3.8) is 0 Å². The average Bonchev–Trinajstić information content (AvgIpc) is 1.00. The van der Waals surface area contributed by atoms with Gasteiger partial charge in [-0.15, -0.1) is 0 Å². The van der Waals surface area contributed by atoms with Crippen LogP contribution in [0.25, 0.3) is 0 Å². The van der Waals surface area contributed by atoms with E-state index in [9.17, 15) is 43.2 Å². The van der Waals surface area contributed by atoms with Crippen LogP contribution in [0.4, 0.5) is 0 Å². The van der Waals surface area contributed by atoms with Gasteiger partial charge in [0.05, 0.1) is 26.4 Å². The number of carbonyl (C=O) groups excluding carboxylic acids is 4. The summed E-state index contributed by atoms with van der Waals surface area (Å²) in [5.74, 6) is -2.11. The zero-order valence-corrected chi connectivity index (χ0v) is 68.4. The maximum Gasteiger partial charge on any atom is 0.472 e. The Morgan fingerprint density at radius 3 is 0.578 bits per heavy atom. The van der Waals surface area contributed by atoms with Crippen LogP contribution in [-0.2, 0) is 65.4 Å². The molecule has 2 unspecified atom stereocenters. The average molecular weight is 1490 g/mol. The zero-order valence-electron chi connectivity index (χ0n) is 66.6. The van der Waals surface area contributed by atoms with Crippen molar-refractivity contribution in [2.24, 2.45) is 0 Å². The first-order valence-corrected chi connectivity index (χ1v) is 46.3. The molecule has 0 radical (unpaired) electrons. The quantitative estimate of drug-likeness (QED) is 0.0222. The maximum absolute atomic E-state index is 13.1. The summed E-state index contributed by atoms with van der Waals surface area (Å²) in [4.78, 5) is 73.0. The van der Waals surface area contributed by atoms with Crippen molar-refractivity contribution < 1.29 is 80.2 Å². The Morgan fingerprint density at radius 1 is 0.235 bits per heavy atom. The highest BCUT2D eigenvalue weighted by molar-refractivity contribution is 7.47. The predicted octanol–water partition coefficient (Wildman–Crippen LogP) is 25.4. The Hall–Kier alpha value is -1.94. The van der Waals surface area contributed by atoms with Gasteiger partial charge in [-0.1, -0.05) is 400 Å². The number of ether oxygens (including phenoxy) is 4. The summed E-state index contributed by atoms with van der Waals surface area (Å²) in [7, 11) is -9.92. The van der Waals surface area contributed by atoms with Crippen molar-refractivity contribution in [3.8, 4) is 0 Å². The zero-order chi connectivity index (χ0) is 74.6. The van der Waals surface area contributed by atoms with Gasteiger partial charge in [0.2, 0.25) is 0 Å². The van der Waals surface area contributed by atoms with Crippen LogP contribution in [-0.4, -0.2) is 96.7 Å². The predicted molar refractivity (Wildman–Crippen MR) is 419 cm³/mol. The van der Waals surface area contributed by atoms with E-state index >= 15 is 0 Å². The van der Waals surface area contributed by atoms with Crippen LogP contribution < -0.4 is 0 Å². The number of esters is 4. The summed E-state index contributed by atoms with van der Waals surface area (Å²) >= 11 is 0. The summed E-state index contributed by atoms with van der Waals surface area (Å²) in [6, 6.07) is 0. The molecule has 0 aliphatic rings. The van der Waals surface area contributed by atoms with Gasteiger partial charge >= 0.3 is 39.5 Å². The minimum Gasteiger partial charge on any atom is -0.462 e. The minimum absolute atomic E-state index is 0.109. The molecule has 3 N–H and O–H groups in total. The van der Waals surface area contributed by atoms with Gasteiger partial charge in [-0.3, -0.25) is 37.3 Å². The molecule has 0 aliphatic carbocycles. The summed E-state index contributed by atoms with van der Waals surface area (Å²) in [6.07, 6.45) is 71.0. The molecule has 0 aromatic heterocycles. The molecule has 606 valence electrons. The SMILES string of the molecule is CCCCCCCCCCCCCCCCCCCCCCC(=O)O[C@H](COC(=O)CCCCCCCCCCCCCCCCCCCC)COP(=O)(O)OC[C@@H](O)COP(=O)(O)OC[C@@H](COC(=O)CCCCCCCCC)OC(=O)CCCCCCCCCCCCCCCCCCC. The van der Waals surface area contributed by atoms with E-state index in [1.165, 1.54) is 270 Å². The van der Waals surface area contributed by atoms with Crippen molar-refractivity contribution in [1.82, 2.24) is 0 Å². The lowest BCUT2D eigenvalue weighted by Crippen LogP contribution is -2.30. The van der Waals surface area contributed by atoms with Crippen LogP contribution in [0, 0.1) is 0 Å². The molecule has 0 fully saturated rings. The Labute approximate surface area is 626 Å². The van der Waals surface area contributed by atoms with Crippen molar-refractivity contribution in [3.05, 3.63) is 0 Å². The maximum atomic E-state index is 13.1. The highest BCUT2D eigenvalue weighted by Crippen LogP contribution is 2.45. The highest BCUT2D eigenvalue weighted by Gasteiger charge is 2.30. The van der Waals surface area contributed by atoms with Gasteiger partial charge in [-0.25, -0.2) is 9.13 Å². The summed E-state index contributed by atoms with van der Waals surface area (Å²) in [6.45, 7) is 5.00. The molecule has 102 heavy (non-hydrogen) atoms. The molecule has 0 aromatic rings. The lowest BCUT2D eigenvalue weighted by Gasteiger charge is -2.21. The largest absolute Gasteiger partial charge is 0.472 e. The minimum atomic E-state index is -4.96. The van der Waals surface area contributed by atoms with Gasteiger partial charge in [-0.05, 0) is 25.7 Å². The smallest absolute Gasteiger partial charge is 0.462 e. The second-order valence-electron chi connectivity index (χ2n) is 29.9. The molecule has 17 nitrogen and oxygen atoms in total. The van der Waals surface area contributed by atoms with Crippen molar-refractivity contribution in [1.29, 1.82) is 0 Å². The van der Waals surface area contributed by atoms with Crippen LogP contribution in [0.3, 0.4) is 0 Å². The fourth-order valence-electron chi connectivity index (χ4n) is 13.0. The van der Waals surface area contributed by atoms with Gasteiger partial charge < -0.3 is 33.8 Å². The van der Waals surface area contributed by atoms with E-state index in [1.807, 2.05) is 0 Å². The van der Waals surface area contributed by atoms with E-state index in [2.05, 4.69) is 27.7 Å². The van der Waals surface area contributed by atoms with Gasteiger partial charge in [0.15, 0.2) is 12.2 Å². The number of rotatable bonds is 84. The fourth-order valence-corrected chi connectivity index (χ4v) is 14.6. The molecular weight excluding hydrogens is 1330 g/mol. The van der Waals surface area contributed by atoms with Crippen LogP contribution in [0.1, 0.15) is 451 Å². The Bertz CT molecular complexity index is 1930. The Kier molecular flexibility index (Phi) is 75.8. The fraction of sp³-hybridized carbons (Fsp3) is 0.952. The first-order chi connectivity index (χ1) is 49.7. The molecule has 0 saturated heterocycles. The van der Waals surface area contributed by atoms with E-state index in [4.69, 9.17) is 37.0 Å². The number of carbonyl (C=O) groups is 4. The molecule has 0 heterocycles. The van der Waals surface area contributed by atoms with Gasteiger partial charge in [0.25, 0.3) is 0 Å². The molecule has 0 bridgehead atoms. The number of aliphatic hydroxyl groups excluding tert-OH is 1. The first-order valence-electron chi connectivity index (χ1n) is 43.3. The van der Waals surface area contributed by atoms with Crippen molar-refractivity contribution in [2.75, 3.05) is 39.6 Å². The molecule has 0 amide bonds. The summed E-state index contributed by atoms with van der Waals surface area (Å²) in [5, 5.41) is 10.6. The van der Waals surface area contributed by atoms with Crippen molar-refractivity contribution in [2.45, 2.75) is 470 Å². The monoisotopic (exact) mass is 1490 g/mol. The number of aliphatic hydroxyl groups is 1. The number of hydrogen-bond acceptors (Lipinski definition) is 15. The molecule has 0 aliphatic heterocycles. The second kappa shape index (κ2) is 77.2. The summed E-state index contributed by atoms with van der Waals surface area (Å²) in [5.41, 5.74) is 0. The molecule has 0 saturated carbocycles. The Morgan fingerprint density at radius 2 is 0.392 bits per heavy atom. The van der Waals surface area contributed by atoms with E-state index in [0.717, 1.165) is 103 Å². The normalized spacial score (nSPS) is 13.8. The van der Waals surface area contributed by atoms with E-state index in [0.29, 0.717) is 25.7 Å². The highest BCUT2D eigenvalue weighted by atomic mass is 31.2. The van der Waals surface area contributed by atoms with Gasteiger partial charge in [0, 0.05) is 25.7 Å². The number of hydrogen-bond donors (Lipinski definition) is 3. The van der Waals surface area contributed by atoms with E-state index < -0.39 is 97.5 Å². The molecule has 0 rings (SSSR count). The number of phosphoric ester groups is 2. The molecular formula is C83H162O17P2. The third-order valence-electron chi connectivity index (χ3n) is 19.6. The number of phosphoric acid groups is 2. The van der Waals surface area contributed by atoms with Crippen LogP contribution in [0.15, 0.2) is 0 Å². The van der Waals surface area contributed by atoms with Crippen LogP contribution in [0.5, 0.6) is 0 Å². The lowest BCUT2D eigenvalue weighted by molar-refractivity contribution is -0.161. The van der Waals surface area contributed by atoms with E-state index in [1.54, 1.807) is 0 Å². The summed E-state index contributed by atoms with van der Waals surface area (Å²) < 4.78 is 68.7. The van der Waals surface area contributed by atoms with Gasteiger partial charge in [-0.2, -0.15) is 0 Å². The first kappa shape index (κ1) is 100. The lowest BCUT2D eigenvalue weighted by atomic mass is 10.0. The van der Waals surface area contributed by atoms with Crippen LogP contribution in [0.2, 0.25) is 0 Å². The van der Waals surface area contributed by atoms with Gasteiger partial charge in [0.1, 0.15) is 19.3 Å². The Balaban J connectivity index is 5.16. The standard InChI is InChI=1S/C83H162O17P2/c1-5-9-13-17-21-24-27-30-33-36-38-39-42-45-48-51-54-58-62-66-70-83(88)100-79(74-94-81(86)68-64-60-56-52-49-46-43-41-37-34-31-28-25-22-18-14-10-6-2)76-98-102(91,92)96-72-77(84)71-95-101(89,90)97-75-78(73-93-80(85)67-63-59-55-20-16-12-8-4)99-82(87)69-65-61-57-53-50-47-44-40-35-32-29-26-23-19-15-11-7-3/h77-79,84H,5-76H2,1-4H3,(H,89,90)(H,91,92)/t77-,78+,79+/m0/s1. The van der Waals surface area contributed by atoms with Crippen molar-refractivity contribution >= 4 is 39.5 Å². The number of unbranched alkanes of at least 4 members (excludes halogenated alkanes) is 58. The molecule has 5 atom stereocenters. The topological polar surface area (TPSA) is 237 Å². The van der Waals surface area contributed by atoms with E-state index in [-0.39, 0.29) is 25.7 Å². The third-order valence-corrected chi connectivity index (χ3v) is 21.5. The second-order valence-corrected chi connectivity index (χ2v) is 32.8. The molecule has 0 aromatic carbocycles.